The minimum absolute atomic E-state index is 0.103. The van der Waals surface area contributed by atoms with Crippen LogP contribution in [0.1, 0.15) is 37.9 Å². The molecule has 0 unspecified atom stereocenters. The highest BCUT2D eigenvalue weighted by atomic mass is 16.3. The van der Waals surface area contributed by atoms with E-state index in [4.69, 9.17) is 5.73 Å². The largest absolute Gasteiger partial charge is 0.508 e. The third kappa shape index (κ3) is 3.63. The summed E-state index contributed by atoms with van der Waals surface area (Å²) in [5.74, 6) is 0.205. The monoisotopic (exact) mass is 351 g/mol. The van der Waals surface area contributed by atoms with Crippen LogP contribution in [0.15, 0.2) is 53.3 Å². The van der Waals surface area contributed by atoms with Crippen LogP contribution in [0.4, 0.5) is 0 Å². The highest BCUT2D eigenvalue weighted by Gasteiger charge is 2.23. The predicted molar refractivity (Wildman–Crippen MR) is 104 cm³/mol. The average Bonchev–Trinajstić information content (AvgIpc) is 2.66. The predicted octanol–water partition coefficient (Wildman–Crippen LogP) is 3.21. The number of hydrogen-bond acceptors (Lipinski definition) is 4. The quantitative estimate of drug-likeness (QED) is 0.714. The summed E-state index contributed by atoms with van der Waals surface area (Å²) in [5.41, 5.74) is 8.99. The van der Waals surface area contributed by atoms with Crippen molar-refractivity contribution in [3.63, 3.8) is 0 Å². The molecule has 3 N–H and O–H groups in total. The van der Waals surface area contributed by atoms with Crippen molar-refractivity contribution in [1.29, 1.82) is 0 Å². The Bertz CT molecular complexity index is 957. The van der Waals surface area contributed by atoms with Crippen LogP contribution in [0.2, 0.25) is 0 Å². The summed E-state index contributed by atoms with van der Waals surface area (Å²) in [4.78, 5) is 17.8. The van der Waals surface area contributed by atoms with Crippen LogP contribution in [0.3, 0.4) is 0 Å². The number of aromatic hydroxyl groups is 1. The van der Waals surface area contributed by atoms with E-state index in [9.17, 15) is 9.90 Å². The fourth-order valence-corrected chi connectivity index (χ4v) is 3.11. The van der Waals surface area contributed by atoms with Gasteiger partial charge in [-0.25, -0.2) is 4.98 Å². The van der Waals surface area contributed by atoms with Crippen LogP contribution >= 0.6 is 0 Å². The van der Waals surface area contributed by atoms with Gasteiger partial charge >= 0.3 is 0 Å². The molecule has 136 valence electrons. The molecular weight excluding hydrogens is 326 g/mol. The number of rotatable bonds is 6. The van der Waals surface area contributed by atoms with Crippen LogP contribution in [-0.2, 0) is 13.0 Å². The van der Waals surface area contributed by atoms with Gasteiger partial charge in [-0.3, -0.25) is 4.79 Å². The van der Waals surface area contributed by atoms with Crippen molar-refractivity contribution >= 4 is 11.0 Å². The molecule has 0 amide bonds. The zero-order chi connectivity index (χ0) is 18.7. The van der Waals surface area contributed by atoms with Crippen LogP contribution in [0.25, 0.3) is 11.0 Å². The first-order valence-electron chi connectivity index (χ1n) is 9.01. The molecule has 0 bridgehead atoms. The van der Waals surface area contributed by atoms with E-state index in [0.29, 0.717) is 18.7 Å². The summed E-state index contributed by atoms with van der Waals surface area (Å²) in [6.45, 7) is 4.56. The number of nitrogens with two attached hydrogens (primary N) is 1. The highest BCUT2D eigenvalue weighted by molar-refractivity contribution is 5.74. The highest BCUT2D eigenvalue weighted by Crippen LogP contribution is 2.19. The molecule has 0 radical (unpaired) electrons. The Morgan fingerprint density at radius 3 is 2.38 bits per heavy atom. The summed E-state index contributed by atoms with van der Waals surface area (Å²) in [7, 11) is 0. The van der Waals surface area contributed by atoms with Crippen molar-refractivity contribution in [3.8, 4) is 5.75 Å². The molecule has 0 spiro atoms. The first-order valence-corrected chi connectivity index (χ1v) is 9.01. The van der Waals surface area contributed by atoms with E-state index in [1.54, 1.807) is 28.8 Å². The normalized spacial score (nSPS) is 11.8. The van der Waals surface area contributed by atoms with Crippen molar-refractivity contribution in [2.75, 3.05) is 0 Å². The van der Waals surface area contributed by atoms with E-state index < -0.39 is 5.54 Å². The second-order valence-corrected chi connectivity index (χ2v) is 6.85. The number of para-hydroxylation sites is 2. The van der Waals surface area contributed by atoms with Crippen LogP contribution in [0.5, 0.6) is 5.75 Å². The lowest BCUT2D eigenvalue weighted by molar-refractivity contribution is 0.339. The first kappa shape index (κ1) is 18.1. The number of phenols is 1. The molecule has 3 aromatic rings. The second kappa shape index (κ2) is 7.30. The first-order chi connectivity index (χ1) is 12.5. The minimum atomic E-state index is -0.427. The SMILES string of the molecule is CCC(N)(CC)Cn1c(=O)c(Cc2ccc(O)cc2)nc2ccccc21. The number of benzene rings is 2. The second-order valence-electron chi connectivity index (χ2n) is 6.85. The van der Waals surface area contributed by atoms with Gasteiger partial charge in [0, 0.05) is 18.5 Å². The lowest BCUT2D eigenvalue weighted by Crippen LogP contribution is -2.45. The van der Waals surface area contributed by atoms with Gasteiger partial charge in [0.1, 0.15) is 11.4 Å². The lowest BCUT2D eigenvalue weighted by atomic mass is 9.94. The molecule has 26 heavy (non-hydrogen) atoms. The van der Waals surface area contributed by atoms with E-state index in [2.05, 4.69) is 18.8 Å². The average molecular weight is 351 g/mol. The van der Waals surface area contributed by atoms with E-state index in [0.717, 1.165) is 29.4 Å². The Morgan fingerprint density at radius 2 is 1.73 bits per heavy atom. The third-order valence-electron chi connectivity index (χ3n) is 5.11. The Balaban J connectivity index is 2.11. The lowest BCUT2D eigenvalue weighted by Gasteiger charge is -2.28. The summed E-state index contributed by atoms with van der Waals surface area (Å²) >= 11 is 0. The number of aromatic nitrogens is 2. The zero-order valence-electron chi connectivity index (χ0n) is 15.3. The van der Waals surface area contributed by atoms with Gasteiger partial charge in [-0.2, -0.15) is 0 Å². The molecular formula is C21H25N3O2. The standard InChI is InChI=1S/C21H25N3O2/c1-3-21(22,4-2)14-24-19-8-6-5-7-17(19)23-18(20(24)26)13-15-9-11-16(25)12-10-15/h5-12,25H,3-4,13-14,22H2,1-2H3. The van der Waals surface area contributed by atoms with Crippen LogP contribution in [0, 0.1) is 0 Å². The summed E-state index contributed by atoms with van der Waals surface area (Å²) in [5, 5.41) is 9.45. The van der Waals surface area contributed by atoms with Crippen molar-refractivity contribution in [2.45, 2.75) is 45.2 Å². The summed E-state index contributed by atoms with van der Waals surface area (Å²) in [6.07, 6.45) is 2.00. The molecule has 0 fully saturated rings. The van der Waals surface area contributed by atoms with Gasteiger partial charge < -0.3 is 15.4 Å². The van der Waals surface area contributed by atoms with Gasteiger partial charge in [-0.1, -0.05) is 38.1 Å². The molecule has 1 aromatic heterocycles. The van der Waals surface area contributed by atoms with E-state index in [1.165, 1.54) is 0 Å². The molecule has 0 saturated carbocycles. The molecule has 2 aromatic carbocycles. The maximum Gasteiger partial charge on any atom is 0.273 e. The van der Waals surface area contributed by atoms with Crippen LogP contribution < -0.4 is 11.3 Å². The van der Waals surface area contributed by atoms with Gasteiger partial charge in [-0.15, -0.1) is 0 Å². The molecule has 0 aliphatic rings. The van der Waals surface area contributed by atoms with Gasteiger partial charge in [0.15, 0.2) is 0 Å². The Morgan fingerprint density at radius 1 is 1.08 bits per heavy atom. The van der Waals surface area contributed by atoms with E-state index in [-0.39, 0.29) is 11.3 Å². The summed E-state index contributed by atoms with van der Waals surface area (Å²) in [6, 6.07) is 14.5. The molecule has 0 atom stereocenters. The molecule has 5 heteroatoms. The van der Waals surface area contributed by atoms with E-state index in [1.807, 2.05) is 24.3 Å². The van der Waals surface area contributed by atoms with E-state index >= 15 is 0 Å². The molecule has 3 rings (SSSR count). The fraction of sp³-hybridized carbons (Fsp3) is 0.333. The van der Waals surface area contributed by atoms with Gasteiger partial charge in [0.2, 0.25) is 0 Å². The van der Waals surface area contributed by atoms with Crippen LogP contribution in [-0.4, -0.2) is 20.2 Å². The zero-order valence-corrected chi connectivity index (χ0v) is 15.3. The van der Waals surface area contributed by atoms with Crippen molar-refractivity contribution < 1.29 is 5.11 Å². The number of hydrogen-bond donors (Lipinski definition) is 2. The molecule has 1 heterocycles. The Hall–Kier alpha value is -2.66. The Labute approximate surface area is 153 Å². The maximum atomic E-state index is 13.2. The Kier molecular flexibility index (Phi) is 5.09. The number of phenolic OH excluding ortho intramolecular Hbond substituents is 1. The van der Waals surface area contributed by atoms with Crippen molar-refractivity contribution in [2.24, 2.45) is 5.73 Å². The minimum Gasteiger partial charge on any atom is -0.508 e. The number of nitrogens with zero attached hydrogens (tertiary/aromatic N) is 2. The van der Waals surface area contributed by atoms with Crippen molar-refractivity contribution in [3.05, 3.63) is 70.1 Å². The fourth-order valence-electron chi connectivity index (χ4n) is 3.11. The molecule has 0 saturated heterocycles. The van der Waals surface area contributed by atoms with Crippen molar-refractivity contribution in [1.82, 2.24) is 9.55 Å². The molecule has 5 nitrogen and oxygen atoms in total. The summed E-state index contributed by atoms with van der Waals surface area (Å²) < 4.78 is 1.77. The smallest absolute Gasteiger partial charge is 0.273 e. The van der Waals surface area contributed by atoms with Gasteiger partial charge in [0.25, 0.3) is 5.56 Å². The maximum absolute atomic E-state index is 13.2. The van der Waals surface area contributed by atoms with Gasteiger partial charge in [-0.05, 0) is 42.7 Å². The molecule has 0 aliphatic carbocycles. The number of fused-ring (bicyclic) bond motifs is 1. The topological polar surface area (TPSA) is 81.1 Å². The molecule has 0 aliphatic heterocycles. The third-order valence-corrected chi connectivity index (χ3v) is 5.11. The van der Waals surface area contributed by atoms with Gasteiger partial charge in [0.05, 0.1) is 11.0 Å².